The van der Waals surface area contributed by atoms with E-state index in [0.29, 0.717) is 25.0 Å². The first-order valence-electron chi connectivity index (χ1n) is 8.94. The molecular formula is C17H34IN3O2. The maximum absolute atomic E-state index is 11.2. The van der Waals surface area contributed by atoms with Gasteiger partial charge in [-0.05, 0) is 32.6 Å². The van der Waals surface area contributed by atoms with E-state index >= 15 is 0 Å². The molecule has 1 aliphatic rings. The molecule has 1 saturated carbocycles. The van der Waals surface area contributed by atoms with Gasteiger partial charge in [0.05, 0.1) is 6.61 Å². The first-order valence-corrected chi connectivity index (χ1v) is 8.94. The first kappa shape index (κ1) is 22.5. The molecule has 0 bridgehead atoms. The number of unbranched alkanes of at least 4 members (excludes halogenated alkanes) is 3. The van der Waals surface area contributed by atoms with E-state index in [1.54, 1.807) is 0 Å². The zero-order valence-electron chi connectivity index (χ0n) is 14.5. The summed E-state index contributed by atoms with van der Waals surface area (Å²) in [6.45, 7) is 3.08. The van der Waals surface area contributed by atoms with E-state index in [1.807, 2.05) is 6.92 Å². The van der Waals surface area contributed by atoms with E-state index in [4.69, 9.17) is 10.5 Å². The summed E-state index contributed by atoms with van der Waals surface area (Å²) in [6.07, 6.45) is 12.3. The number of aliphatic imine (C=N–C) groups is 1. The standard InChI is InChI=1S/C17H33N3O2.HI/c1-2-22-16(21)13-9-5-6-10-14-19-17(18)20-15-11-7-3-4-8-12-15;/h15H,2-14H2,1H3,(H3,18,19,20);1H. The van der Waals surface area contributed by atoms with E-state index in [0.717, 1.165) is 32.2 Å². The fraction of sp³-hybridized carbons (Fsp3) is 0.882. The van der Waals surface area contributed by atoms with E-state index < -0.39 is 0 Å². The Kier molecular flexibility index (Phi) is 14.7. The van der Waals surface area contributed by atoms with Crippen molar-refractivity contribution >= 4 is 35.9 Å². The van der Waals surface area contributed by atoms with Gasteiger partial charge < -0.3 is 15.8 Å². The second kappa shape index (κ2) is 15.0. The van der Waals surface area contributed by atoms with Gasteiger partial charge in [-0.15, -0.1) is 24.0 Å². The van der Waals surface area contributed by atoms with E-state index in [9.17, 15) is 4.79 Å². The van der Waals surface area contributed by atoms with Crippen LogP contribution in [0, 0.1) is 0 Å². The summed E-state index contributed by atoms with van der Waals surface area (Å²) in [4.78, 5) is 15.6. The summed E-state index contributed by atoms with van der Waals surface area (Å²) < 4.78 is 4.90. The van der Waals surface area contributed by atoms with Crippen molar-refractivity contribution in [1.82, 2.24) is 5.32 Å². The number of carbonyl (C=O) groups excluding carboxylic acids is 1. The highest BCUT2D eigenvalue weighted by molar-refractivity contribution is 14.0. The topological polar surface area (TPSA) is 76.7 Å². The van der Waals surface area contributed by atoms with Crippen LogP contribution >= 0.6 is 24.0 Å². The van der Waals surface area contributed by atoms with E-state index in [-0.39, 0.29) is 29.9 Å². The number of nitrogens with one attached hydrogen (secondary N) is 1. The molecule has 0 atom stereocenters. The average molecular weight is 439 g/mol. The van der Waals surface area contributed by atoms with Crippen LogP contribution in [0.2, 0.25) is 0 Å². The lowest BCUT2D eigenvalue weighted by atomic mass is 10.1. The van der Waals surface area contributed by atoms with E-state index in [1.165, 1.54) is 38.5 Å². The van der Waals surface area contributed by atoms with Crippen LogP contribution < -0.4 is 11.1 Å². The third-order valence-corrected chi connectivity index (χ3v) is 4.08. The number of nitrogens with two attached hydrogens (primary N) is 1. The number of carbonyl (C=O) groups is 1. The van der Waals surface area contributed by atoms with Gasteiger partial charge in [-0.3, -0.25) is 9.79 Å². The Morgan fingerprint density at radius 3 is 2.43 bits per heavy atom. The van der Waals surface area contributed by atoms with Crippen LogP contribution in [0.25, 0.3) is 0 Å². The van der Waals surface area contributed by atoms with Crippen LogP contribution in [0.15, 0.2) is 4.99 Å². The van der Waals surface area contributed by atoms with Gasteiger partial charge in [-0.1, -0.05) is 38.5 Å². The summed E-state index contributed by atoms with van der Waals surface area (Å²) >= 11 is 0. The Morgan fingerprint density at radius 2 is 1.78 bits per heavy atom. The highest BCUT2D eigenvalue weighted by atomic mass is 127. The van der Waals surface area contributed by atoms with Crippen molar-refractivity contribution in [2.45, 2.75) is 83.6 Å². The molecule has 5 nitrogen and oxygen atoms in total. The quantitative estimate of drug-likeness (QED) is 0.143. The largest absolute Gasteiger partial charge is 0.466 e. The lowest BCUT2D eigenvalue weighted by Crippen LogP contribution is -2.39. The average Bonchev–Trinajstić information content (AvgIpc) is 2.75. The van der Waals surface area contributed by atoms with Gasteiger partial charge in [0.25, 0.3) is 0 Å². The van der Waals surface area contributed by atoms with Gasteiger partial charge in [0, 0.05) is 19.0 Å². The predicted molar refractivity (Wildman–Crippen MR) is 106 cm³/mol. The van der Waals surface area contributed by atoms with Gasteiger partial charge in [-0.25, -0.2) is 0 Å². The number of hydrogen-bond donors (Lipinski definition) is 2. The third-order valence-electron chi connectivity index (χ3n) is 4.08. The van der Waals surface area contributed by atoms with Crippen molar-refractivity contribution in [2.75, 3.05) is 13.2 Å². The van der Waals surface area contributed by atoms with Crippen LogP contribution in [-0.2, 0) is 9.53 Å². The maximum atomic E-state index is 11.2. The summed E-state index contributed by atoms with van der Waals surface area (Å²) in [5, 5.41) is 3.36. The number of hydrogen-bond acceptors (Lipinski definition) is 3. The minimum atomic E-state index is -0.0858. The molecule has 0 unspecified atom stereocenters. The molecule has 0 aromatic carbocycles. The van der Waals surface area contributed by atoms with Crippen molar-refractivity contribution in [3.8, 4) is 0 Å². The van der Waals surface area contributed by atoms with Crippen molar-refractivity contribution < 1.29 is 9.53 Å². The SMILES string of the molecule is CCOC(=O)CCCCCCN=C(N)NC1CCCCCC1.I. The van der Waals surface area contributed by atoms with Crippen LogP contribution in [0.3, 0.4) is 0 Å². The Hall–Kier alpha value is -0.530. The molecule has 0 saturated heterocycles. The van der Waals surface area contributed by atoms with Crippen molar-refractivity contribution in [3.05, 3.63) is 0 Å². The molecule has 3 N–H and O–H groups in total. The van der Waals surface area contributed by atoms with Crippen LogP contribution in [0.4, 0.5) is 0 Å². The number of esters is 1. The van der Waals surface area contributed by atoms with Crippen molar-refractivity contribution in [1.29, 1.82) is 0 Å². The first-order chi connectivity index (χ1) is 10.7. The Labute approximate surface area is 158 Å². The molecule has 1 fully saturated rings. The highest BCUT2D eigenvalue weighted by Crippen LogP contribution is 2.16. The summed E-state index contributed by atoms with van der Waals surface area (Å²) in [5.74, 6) is 0.510. The third kappa shape index (κ3) is 12.5. The number of halogens is 1. The van der Waals surface area contributed by atoms with Crippen LogP contribution in [-0.4, -0.2) is 31.1 Å². The molecule has 0 aromatic heterocycles. The molecule has 0 aromatic rings. The number of nitrogens with zero attached hydrogens (tertiary/aromatic N) is 1. The zero-order chi connectivity index (χ0) is 16.0. The summed E-state index contributed by atoms with van der Waals surface area (Å²) in [7, 11) is 0. The monoisotopic (exact) mass is 439 g/mol. The van der Waals surface area contributed by atoms with E-state index in [2.05, 4.69) is 10.3 Å². The second-order valence-corrected chi connectivity index (χ2v) is 6.07. The Balaban J connectivity index is 0.00000484. The zero-order valence-corrected chi connectivity index (χ0v) is 16.8. The highest BCUT2D eigenvalue weighted by Gasteiger charge is 2.11. The lowest BCUT2D eigenvalue weighted by Gasteiger charge is -2.16. The van der Waals surface area contributed by atoms with Gasteiger partial charge >= 0.3 is 5.97 Å². The van der Waals surface area contributed by atoms with Gasteiger partial charge in [-0.2, -0.15) is 0 Å². The fourth-order valence-corrected chi connectivity index (χ4v) is 2.85. The summed E-state index contributed by atoms with van der Waals surface area (Å²) in [6, 6.07) is 0.510. The molecule has 0 spiro atoms. The molecule has 0 aliphatic heterocycles. The van der Waals surface area contributed by atoms with Crippen LogP contribution in [0.5, 0.6) is 0 Å². The molecule has 1 aliphatic carbocycles. The molecular weight excluding hydrogens is 405 g/mol. The molecule has 0 radical (unpaired) electrons. The Bertz CT molecular complexity index is 330. The van der Waals surface area contributed by atoms with Crippen molar-refractivity contribution in [3.63, 3.8) is 0 Å². The molecule has 6 heteroatoms. The smallest absolute Gasteiger partial charge is 0.305 e. The minimum absolute atomic E-state index is 0. The summed E-state index contributed by atoms with van der Waals surface area (Å²) in [5.41, 5.74) is 5.95. The fourth-order valence-electron chi connectivity index (χ4n) is 2.85. The second-order valence-electron chi connectivity index (χ2n) is 6.07. The maximum Gasteiger partial charge on any atom is 0.305 e. The molecule has 0 heterocycles. The lowest BCUT2D eigenvalue weighted by molar-refractivity contribution is -0.143. The number of rotatable bonds is 9. The molecule has 23 heavy (non-hydrogen) atoms. The molecule has 1 rings (SSSR count). The molecule has 0 amide bonds. The van der Waals surface area contributed by atoms with Gasteiger partial charge in [0.1, 0.15) is 0 Å². The minimum Gasteiger partial charge on any atom is -0.466 e. The number of guanidine groups is 1. The van der Waals surface area contributed by atoms with Crippen LogP contribution in [0.1, 0.15) is 77.6 Å². The Morgan fingerprint density at radius 1 is 1.13 bits per heavy atom. The number of ether oxygens (including phenoxy) is 1. The van der Waals surface area contributed by atoms with Crippen molar-refractivity contribution in [2.24, 2.45) is 10.7 Å². The normalized spacial score (nSPS) is 16.3. The molecule has 136 valence electrons. The van der Waals surface area contributed by atoms with Gasteiger partial charge in [0.15, 0.2) is 5.96 Å². The van der Waals surface area contributed by atoms with Gasteiger partial charge in [0.2, 0.25) is 0 Å². The predicted octanol–water partition coefficient (Wildman–Crippen LogP) is 3.75.